The molecular formula is C17H16N4O. The number of aromatic amines is 1. The lowest BCUT2D eigenvalue weighted by Crippen LogP contribution is -2.26. The van der Waals surface area contributed by atoms with Crippen LogP contribution in [0.2, 0.25) is 0 Å². The summed E-state index contributed by atoms with van der Waals surface area (Å²) in [6.45, 7) is 0.506. The largest absolute Gasteiger partial charge is 0.336 e. The van der Waals surface area contributed by atoms with Crippen LogP contribution in [0.3, 0.4) is 0 Å². The molecule has 0 saturated heterocycles. The fourth-order valence-corrected chi connectivity index (χ4v) is 2.23. The van der Waals surface area contributed by atoms with Gasteiger partial charge < -0.3 is 4.90 Å². The third kappa shape index (κ3) is 3.03. The van der Waals surface area contributed by atoms with Crippen molar-refractivity contribution >= 4 is 5.91 Å². The minimum Gasteiger partial charge on any atom is -0.336 e. The molecule has 0 aliphatic heterocycles. The van der Waals surface area contributed by atoms with Crippen LogP contribution in [0.4, 0.5) is 0 Å². The van der Waals surface area contributed by atoms with Gasteiger partial charge in [0, 0.05) is 31.5 Å². The normalized spacial score (nSPS) is 10.4. The molecule has 110 valence electrons. The van der Waals surface area contributed by atoms with Crippen molar-refractivity contribution in [3.63, 3.8) is 0 Å². The summed E-state index contributed by atoms with van der Waals surface area (Å²) in [5, 5.41) is 7.03. The second kappa shape index (κ2) is 6.22. The standard InChI is InChI=1S/C17H16N4O/c1-21(12-13-6-5-9-18-11-13)17(22)16-10-15(19-20-16)14-7-3-2-4-8-14/h2-11H,12H2,1H3,(H,19,20). The van der Waals surface area contributed by atoms with Gasteiger partial charge >= 0.3 is 0 Å². The maximum Gasteiger partial charge on any atom is 0.271 e. The van der Waals surface area contributed by atoms with E-state index in [0.29, 0.717) is 12.2 Å². The number of pyridine rings is 1. The van der Waals surface area contributed by atoms with E-state index in [4.69, 9.17) is 0 Å². The third-order valence-electron chi connectivity index (χ3n) is 3.37. The second-order valence-electron chi connectivity index (χ2n) is 5.06. The first-order chi connectivity index (χ1) is 10.7. The van der Waals surface area contributed by atoms with Crippen molar-refractivity contribution in [3.8, 4) is 11.3 Å². The van der Waals surface area contributed by atoms with Crippen LogP contribution >= 0.6 is 0 Å². The zero-order valence-electron chi connectivity index (χ0n) is 12.2. The van der Waals surface area contributed by atoms with E-state index in [1.54, 1.807) is 30.4 Å². The topological polar surface area (TPSA) is 61.9 Å². The highest BCUT2D eigenvalue weighted by molar-refractivity contribution is 5.93. The molecule has 5 nitrogen and oxygen atoms in total. The third-order valence-corrected chi connectivity index (χ3v) is 3.37. The summed E-state index contributed by atoms with van der Waals surface area (Å²) in [5.41, 5.74) is 3.21. The molecular weight excluding hydrogens is 276 g/mol. The number of nitrogens with one attached hydrogen (secondary N) is 1. The van der Waals surface area contributed by atoms with Gasteiger partial charge in [-0.15, -0.1) is 0 Å². The summed E-state index contributed by atoms with van der Waals surface area (Å²) in [5.74, 6) is -0.0986. The molecule has 0 bridgehead atoms. The first-order valence-corrected chi connectivity index (χ1v) is 6.99. The van der Waals surface area contributed by atoms with E-state index in [2.05, 4.69) is 15.2 Å². The molecule has 0 radical (unpaired) electrons. The second-order valence-corrected chi connectivity index (χ2v) is 5.06. The van der Waals surface area contributed by atoms with Crippen LogP contribution < -0.4 is 0 Å². The Morgan fingerprint density at radius 2 is 2.00 bits per heavy atom. The Kier molecular flexibility index (Phi) is 3.96. The summed E-state index contributed by atoms with van der Waals surface area (Å²) in [6.07, 6.45) is 3.47. The molecule has 2 heterocycles. The van der Waals surface area contributed by atoms with Crippen LogP contribution in [0.1, 0.15) is 16.1 Å². The average molecular weight is 292 g/mol. The lowest BCUT2D eigenvalue weighted by Gasteiger charge is -2.15. The van der Waals surface area contributed by atoms with Gasteiger partial charge in [-0.2, -0.15) is 5.10 Å². The zero-order chi connectivity index (χ0) is 15.4. The number of H-pyrrole nitrogens is 1. The molecule has 2 aromatic heterocycles. The molecule has 0 spiro atoms. The summed E-state index contributed by atoms with van der Waals surface area (Å²) in [7, 11) is 1.76. The predicted molar refractivity (Wildman–Crippen MR) is 84.1 cm³/mol. The number of carbonyl (C=O) groups excluding carboxylic acids is 1. The van der Waals surface area contributed by atoms with E-state index in [-0.39, 0.29) is 5.91 Å². The number of hydrogen-bond acceptors (Lipinski definition) is 3. The highest BCUT2D eigenvalue weighted by Gasteiger charge is 2.15. The van der Waals surface area contributed by atoms with Crippen LogP contribution in [0.5, 0.6) is 0 Å². The van der Waals surface area contributed by atoms with E-state index in [9.17, 15) is 4.79 Å². The monoisotopic (exact) mass is 292 g/mol. The van der Waals surface area contributed by atoms with Gasteiger partial charge in [0.05, 0.1) is 5.69 Å². The average Bonchev–Trinajstić information content (AvgIpc) is 3.06. The molecule has 0 aliphatic rings. The molecule has 0 fully saturated rings. The smallest absolute Gasteiger partial charge is 0.271 e. The molecule has 1 amide bonds. The Hall–Kier alpha value is -2.95. The number of rotatable bonds is 4. The zero-order valence-corrected chi connectivity index (χ0v) is 12.2. The van der Waals surface area contributed by atoms with Gasteiger partial charge in [-0.3, -0.25) is 14.9 Å². The van der Waals surface area contributed by atoms with E-state index in [1.807, 2.05) is 42.5 Å². The van der Waals surface area contributed by atoms with Gasteiger partial charge in [0.1, 0.15) is 5.69 Å². The molecule has 5 heteroatoms. The van der Waals surface area contributed by atoms with Gasteiger partial charge in [0.25, 0.3) is 5.91 Å². The maximum atomic E-state index is 12.4. The fourth-order valence-electron chi connectivity index (χ4n) is 2.23. The van der Waals surface area contributed by atoms with Gasteiger partial charge in [0.15, 0.2) is 0 Å². The highest BCUT2D eigenvalue weighted by Crippen LogP contribution is 2.17. The molecule has 3 rings (SSSR count). The summed E-state index contributed by atoms with van der Waals surface area (Å²) < 4.78 is 0. The van der Waals surface area contributed by atoms with Crippen LogP contribution in [0.15, 0.2) is 60.9 Å². The molecule has 0 atom stereocenters. The number of hydrogen-bond donors (Lipinski definition) is 1. The van der Waals surface area contributed by atoms with Crippen LogP contribution in [0.25, 0.3) is 11.3 Å². The Morgan fingerprint density at radius 3 is 2.73 bits per heavy atom. The van der Waals surface area contributed by atoms with Gasteiger partial charge in [-0.1, -0.05) is 36.4 Å². The number of nitrogens with zero attached hydrogens (tertiary/aromatic N) is 3. The summed E-state index contributed by atoms with van der Waals surface area (Å²) in [6, 6.07) is 15.3. The lowest BCUT2D eigenvalue weighted by molar-refractivity contribution is 0.0779. The van der Waals surface area contributed by atoms with Gasteiger partial charge in [-0.05, 0) is 17.7 Å². The maximum absolute atomic E-state index is 12.4. The molecule has 1 N–H and O–H groups in total. The van der Waals surface area contributed by atoms with Gasteiger partial charge in [0.2, 0.25) is 0 Å². The van der Waals surface area contributed by atoms with Crippen molar-refractivity contribution in [2.45, 2.75) is 6.54 Å². The SMILES string of the molecule is CN(Cc1cccnc1)C(=O)c1cc(-c2ccccc2)n[nH]1. The quantitative estimate of drug-likeness (QED) is 0.804. The molecule has 0 saturated carbocycles. The van der Waals surface area contributed by atoms with E-state index in [0.717, 1.165) is 16.8 Å². The van der Waals surface area contributed by atoms with Crippen LogP contribution in [-0.4, -0.2) is 33.0 Å². The minimum absolute atomic E-state index is 0.0986. The molecule has 3 aromatic rings. The number of benzene rings is 1. The Bertz CT molecular complexity index is 753. The predicted octanol–water partition coefficient (Wildman–Crippen LogP) is 2.74. The van der Waals surface area contributed by atoms with Crippen LogP contribution in [0, 0.1) is 0 Å². The Morgan fingerprint density at radius 1 is 1.18 bits per heavy atom. The minimum atomic E-state index is -0.0986. The lowest BCUT2D eigenvalue weighted by atomic mass is 10.1. The molecule has 0 aliphatic carbocycles. The number of carbonyl (C=O) groups is 1. The fraction of sp³-hybridized carbons (Fsp3) is 0.118. The van der Waals surface area contributed by atoms with Gasteiger partial charge in [-0.25, -0.2) is 0 Å². The Labute approximate surface area is 128 Å². The van der Waals surface area contributed by atoms with Crippen molar-refractivity contribution in [3.05, 3.63) is 72.2 Å². The molecule has 22 heavy (non-hydrogen) atoms. The summed E-state index contributed by atoms with van der Waals surface area (Å²) >= 11 is 0. The van der Waals surface area contributed by atoms with Crippen molar-refractivity contribution < 1.29 is 4.79 Å². The van der Waals surface area contributed by atoms with E-state index >= 15 is 0 Å². The van der Waals surface area contributed by atoms with E-state index in [1.165, 1.54) is 0 Å². The van der Waals surface area contributed by atoms with Crippen LogP contribution in [-0.2, 0) is 6.54 Å². The van der Waals surface area contributed by atoms with Crippen molar-refractivity contribution in [1.82, 2.24) is 20.1 Å². The molecule has 1 aromatic carbocycles. The number of amides is 1. The molecule has 0 unspecified atom stereocenters. The van der Waals surface area contributed by atoms with Crippen molar-refractivity contribution in [2.24, 2.45) is 0 Å². The van der Waals surface area contributed by atoms with E-state index < -0.39 is 0 Å². The van der Waals surface area contributed by atoms with Crippen molar-refractivity contribution in [2.75, 3.05) is 7.05 Å². The summed E-state index contributed by atoms with van der Waals surface area (Å²) in [4.78, 5) is 18.1. The first-order valence-electron chi connectivity index (χ1n) is 6.99. The van der Waals surface area contributed by atoms with Crippen molar-refractivity contribution in [1.29, 1.82) is 0 Å². The Balaban J connectivity index is 1.74. The number of aromatic nitrogens is 3. The highest BCUT2D eigenvalue weighted by atomic mass is 16.2. The first kappa shape index (κ1) is 14.0.